The molecule has 2 aromatic heterocycles. The smallest absolute Gasteiger partial charge is 0.225 e. The van der Waals surface area contributed by atoms with Crippen molar-refractivity contribution >= 4 is 16.9 Å². The fourth-order valence-electron chi connectivity index (χ4n) is 2.30. The first-order chi connectivity index (χ1) is 9.20. The van der Waals surface area contributed by atoms with Crippen molar-refractivity contribution < 1.29 is 10.2 Å². The van der Waals surface area contributed by atoms with Crippen LogP contribution >= 0.6 is 0 Å². The molecule has 6 heteroatoms. The quantitative estimate of drug-likeness (QED) is 0.810. The Morgan fingerprint density at radius 2 is 2.05 bits per heavy atom. The maximum Gasteiger partial charge on any atom is 0.225 e. The van der Waals surface area contributed by atoms with E-state index in [1.54, 1.807) is 18.6 Å². The molecule has 19 heavy (non-hydrogen) atoms. The maximum atomic E-state index is 9.99. The van der Waals surface area contributed by atoms with Crippen LogP contribution in [0.1, 0.15) is 12.8 Å². The van der Waals surface area contributed by atoms with Gasteiger partial charge in [0.15, 0.2) is 0 Å². The molecule has 1 aliphatic heterocycles. The number of anilines is 1. The van der Waals surface area contributed by atoms with Gasteiger partial charge >= 0.3 is 0 Å². The third-order valence-electron chi connectivity index (χ3n) is 3.64. The average Bonchev–Trinajstić information content (AvgIpc) is 2.47. The molecule has 6 nitrogen and oxygen atoms in total. The van der Waals surface area contributed by atoms with E-state index in [4.69, 9.17) is 5.11 Å². The molecule has 100 valence electrons. The predicted octanol–water partition coefficient (Wildman–Crippen LogP) is 0.348. The van der Waals surface area contributed by atoms with Crippen molar-refractivity contribution in [1.29, 1.82) is 0 Å². The van der Waals surface area contributed by atoms with Crippen molar-refractivity contribution in [3.8, 4) is 0 Å². The van der Waals surface area contributed by atoms with Crippen LogP contribution in [-0.4, -0.2) is 50.5 Å². The van der Waals surface area contributed by atoms with Crippen LogP contribution in [-0.2, 0) is 0 Å². The highest BCUT2D eigenvalue weighted by Gasteiger charge is 2.32. The number of nitrogens with zero attached hydrogens (tertiary/aromatic N) is 4. The fourth-order valence-corrected chi connectivity index (χ4v) is 2.30. The summed E-state index contributed by atoms with van der Waals surface area (Å²) in [6.45, 7) is 1.10. The number of hydrogen-bond donors (Lipinski definition) is 2. The van der Waals surface area contributed by atoms with Gasteiger partial charge in [-0.2, -0.15) is 0 Å². The fraction of sp³-hybridized carbons (Fsp3) is 0.462. The Balaban J connectivity index is 1.82. The van der Waals surface area contributed by atoms with Crippen LogP contribution in [0.15, 0.2) is 24.7 Å². The van der Waals surface area contributed by atoms with E-state index in [0.717, 1.165) is 10.9 Å². The second-order valence-corrected chi connectivity index (χ2v) is 4.97. The lowest BCUT2D eigenvalue weighted by Crippen LogP contribution is -2.47. The van der Waals surface area contributed by atoms with E-state index in [1.807, 2.05) is 11.0 Å². The van der Waals surface area contributed by atoms with Gasteiger partial charge in [0.1, 0.15) is 0 Å². The molecule has 1 aliphatic rings. The summed E-state index contributed by atoms with van der Waals surface area (Å²) in [6.07, 6.45) is 6.26. The molecule has 0 unspecified atom stereocenters. The van der Waals surface area contributed by atoms with Gasteiger partial charge in [0.2, 0.25) is 5.95 Å². The van der Waals surface area contributed by atoms with Crippen LogP contribution in [0.25, 0.3) is 10.9 Å². The number of piperidine rings is 1. The van der Waals surface area contributed by atoms with Crippen LogP contribution in [0.3, 0.4) is 0 Å². The number of hydrogen-bond acceptors (Lipinski definition) is 6. The first-order valence-electron chi connectivity index (χ1n) is 6.35. The molecule has 0 bridgehead atoms. The molecule has 1 fully saturated rings. The molecule has 3 heterocycles. The molecular formula is C13H16N4O2. The van der Waals surface area contributed by atoms with E-state index in [9.17, 15) is 5.11 Å². The van der Waals surface area contributed by atoms with Gasteiger partial charge in [-0.3, -0.25) is 4.98 Å². The Morgan fingerprint density at radius 1 is 1.26 bits per heavy atom. The number of fused-ring (bicyclic) bond motifs is 1. The molecule has 0 spiro atoms. The second-order valence-electron chi connectivity index (χ2n) is 4.97. The molecule has 0 atom stereocenters. The summed E-state index contributed by atoms with van der Waals surface area (Å²) < 4.78 is 0. The lowest BCUT2D eigenvalue weighted by molar-refractivity contribution is -0.0327. The van der Waals surface area contributed by atoms with Crippen LogP contribution in [0.2, 0.25) is 0 Å². The van der Waals surface area contributed by atoms with E-state index in [2.05, 4.69) is 15.0 Å². The molecular weight excluding hydrogens is 244 g/mol. The molecule has 0 aliphatic carbocycles. The number of pyridine rings is 1. The van der Waals surface area contributed by atoms with Gasteiger partial charge in [0.25, 0.3) is 0 Å². The Kier molecular flexibility index (Phi) is 3.04. The molecule has 3 rings (SSSR count). The zero-order valence-electron chi connectivity index (χ0n) is 10.5. The van der Waals surface area contributed by atoms with Crippen molar-refractivity contribution in [2.45, 2.75) is 18.4 Å². The zero-order chi connectivity index (χ0) is 13.3. The number of aliphatic hydroxyl groups excluding tert-OH is 1. The highest BCUT2D eigenvalue weighted by atomic mass is 16.3. The Bertz CT molecular complexity index is 582. The Morgan fingerprint density at radius 3 is 2.79 bits per heavy atom. The predicted molar refractivity (Wildman–Crippen MR) is 70.8 cm³/mol. The minimum absolute atomic E-state index is 0.189. The minimum atomic E-state index is -0.947. The number of rotatable bonds is 2. The summed E-state index contributed by atoms with van der Waals surface area (Å²) in [7, 11) is 0. The second kappa shape index (κ2) is 4.71. The highest BCUT2D eigenvalue weighted by Crippen LogP contribution is 2.24. The van der Waals surface area contributed by atoms with E-state index < -0.39 is 5.60 Å². The molecule has 2 N–H and O–H groups in total. The van der Waals surface area contributed by atoms with Gasteiger partial charge in [0.05, 0.1) is 17.7 Å². The first kappa shape index (κ1) is 12.3. The van der Waals surface area contributed by atoms with Crippen molar-refractivity contribution in [3.63, 3.8) is 0 Å². The SMILES string of the molecule is OCC1(O)CCN(c2ncc3cnccc3n2)CC1. The van der Waals surface area contributed by atoms with Gasteiger partial charge < -0.3 is 15.1 Å². The third kappa shape index (κ3) is 2.36. The molecule has 0 aromatic carbocycles. The van der Waals surface area contributed by atoms with Crippen LogP contribution in [0.4, 0.5) is 5.95 Å². The van der Waals surface area contributed by atoms with Gasteiger partial charge in [-0.15, -0.1) is 0 Å². The number of aromatic nitrogens is 3. The summed E-state index contributed by atoms with van der Waals surface area (Å²) in [4.78, 5) is 14.9. The minimum Gasteiger partial charge on any atom is -0.393 e. The van der Waals surface area contributed by atoms with Crippen molar-refractivity contribution in [1.82, 2.24) is 15.0 Å². The topological polar surface area (TPSA) is 82.4 Å². The highest BCUT2D eigenvalue weighted by molar-refractivity contribution is 5.77. The van der Waals surface area contributed by atoms with E-state index >= 15 is 0 Å². The molecule has 0 radical (unpaired) electrons. The monoisotopic (exact) mass is 260 g/mol. The summed E-state index contributed by atoms with van der Waals surface area (Å²) in [5.41, 5.74) is -0.0833. The van der Waals surface area contributed by atoms with Gasteiger partial charge in [-0.1, -0.05) is 0 Å². The van der Waals surface area contributed by atoms with Gasteiger partial charge in [-0.25, -0.2) is 9.97 Å². The van der Waals surface area contributed by atoms with E-state index in [0.29, 0.717) is 31.9 Å². The van der Waals surface area contributed by atoms with Crippen molar-refractivity contribution in [2.75, 3.05) is 24.6 Å². The standard InChI is InChI=1S/C13H16N4O2/c18-9-13(19)2-5-17(6-3-13)12-15-8-10-7-14-4-1-11(10)16-12/h1,4,7-8,18-19H,2-3,5-6,9H2. The molecule has 1 saturated heterocycles. The van der Waals surface area contributed by atoms with Crippen LogP contribution in [0.5, 0.6) is 0 Å². The van der Waals surface area contributed by atoms with Gasteiger partial charge in [0, 0.05) is 37.1 Å². The summed E-state index contributed by atoms with van der Waals surface area (Å²) in [5.74, 6) is 0.665. The molecule has 0 saturated carbocycles. The van der Waals surface area contributed by atoms with Gasteiger partial charge in [-0.05, 0) is 18.9 Å². The first-order valence-corrected chi connectivity index (χ1v) is 6.35. The lowest BCUT2D eigenvalue weighted by atomic mass is 9.93. The molecule has 2 aromatic rings. The number of aliphatic hydroxyl groups is 2. The van der Waals surface area contributed by atoms with Crippen molar-refractivity contribution in [2.24, 2.45) is 0 Å². The molecule has 0 amide bonds. The Hall–Kier alpha value is -1.79. The van der Waals surface area contributed by atoms with Crippen molar-refractivity contribution in [3.05, 3.63) is 24.7 Å². The summed E-state index contributed by atoms with van der Waals surface area (Å²) in [6, 6.07) is 1.86. The van der Waals surface area contributed by atoms with Crippen LogP contribution in [0, 0.1) is 0 Å². The van der Waals surface area contributed by atoms with E-state index in [1.165, 1.54) is 0 Å². The zero-order valence-corrected chi connectivity index (χ0v) is 10.5. The summed E-state index contributed by atoms with van der Waals surface area (Å²) >= 11 is 0. The van der Waals surface area contributed by atoms with E-state index in [-0.39, 0.29) is 6.61 Å². The third-order valence-corrected chi connectivity index (χ3v) is 3.64. The normalized spacial score (nSPS) is 18.7. The maximum absolute atomic E-state index is 9.99. The average molecular weight is 260 g/mol. The lowest BCUT2D eigenvalue weighted by Gasteiger charge is -2.36. The summed E-state index contributed by atoms with van der Waals surface area (Å²) in [5, 5.41) is 20.0. The largest absolute Gasteiger partial charge is 0.393 e. The Labute approximate surface area is 110 Å². The van der Waals surface area contributed by atoms with Crippen LogP contribution < -0.4 is 4.90 Å².